The molecule has 2 aromatic carbocycles. The molecule has 11 heteroatoms. The highest BCUT2D eigenvalue weighted by atomic mass is 35.5. The summed E-state index contributed by atoms with van der Waals surface area (Å²) in [6.45, 7) is 0.347. The zero-order valence-corrected chi connectivity index (χ0v) is 23.6. The monoisotopic (exact) mass is 601 g/mol. The van der Waals surface area contributed by atoms with Gasteiger partial charge < -0.3 is 14.9 Å². The molecule has 0 saturated heterocycles. The second-order valence-corrected chi connectivity index (χ2v) is 13.0. The Labute approximate surface area is 243 Å². The third kappa shape index (κ3) is 4.25. The van der Waals surface area contributed by atoms with Gasteiger partial charge in [-0.2, -0.15) is 5.10 Å². The maximum absolute atomic E-state index is 14.7. The summed E-state index contributed by atoms with van der Waals surface area (Å²) in [6.07, 6.45) is 6.98. The molecule has 208 valence electrons. The van der Waals surface area contributed by atoms with Crippen molar-refractivity contribution in [1.82, 2.24) is 14.8 Å². The number of fused-ring (bicyclic) bond motifs is 3. The number of ether oxygens (including phenoxy) is 1. The predicted octanol–water partition coefficient (Wildman–Crippen LogP) is 7.10. The van der Waals surface area contributed by atoms with E-state index in [2.05, 4.69) is 10.1 Å². The number of carboxylic acid groups (broad SMARTS) is 1. The molecule has 2 bridgehead atoms. The average molecular weight is 603 g/mol. The molecule has 0 aliphatic heterocycles. The molecule has 4 aromatic rings. The first-order valence-corrected chi connectivity index (χ1v) is 15.0. The first kappa shape index (κ1) is 26.3. The van der Waals surface area contributed by atoms with Crippen LogP contribution in [-0.4, -0.2) is 37.1 Å². The number of benzene rings is 2. The Morgan fingerprint density at radius 1 is 1.15 bits per heavy atom. The number of aromatic nitrogens is 3. The minimum atomic E-state index is -1.20. The molecule has 3 aliphatic rings. The van der Waals surface area contributed by atoms with E-state index in [4.69, 9.17) is 27.9 Å². The molecule has 40 heavy (non-hydrogen) atoms. The van der Waals surface area contributed by atoms with Crippen molar-refractivity contribution in [2.24, 2.45) is 11.8 Å². The van der Waals surface area contributed by atoms with Crippen LogP contribution in [0.5, 0.6) is 0 Å². The van der Waals surface area contributed by atoms with Gasteiger partial charge in [0.2, 0.25) is 0 Å². The van der Waals surface area contributed by atoms with Crippen molar-refractivity contribution in [1.29, 1.82) is 0 Å². The molecule has 0 spiro atoms. The highest BCUT2D eigenvalue weighted by molar-refractivity contribution is 7.18. The van der Waals surface area contributed by atoms with E-state index in [9.17, 15) is 19.4 Å². The molecule has 7 nitrogen and oxygen atoms in total. The van der Waals surface area contributed by atoms with E-state index in [0.717, 1.165) is 43.0 Å². The number of aromatic carboxylic acids is 1. The van der Waals surface area contributed by atoms with Crippen LogP contribution in [0.3, 0.4) is 0 Å². The Kier molecular flexibility index (Phi) is 6.44. The number of hydrogen-bond donors (Lipinski definition) is 2. The van der Waals surface area contributed by atoms with Crippen LogP contribution in [0.4, 0.5) is 4.39 Å². The molecule has 0 amide bonds. The van der Waals surface area contributed by atoms with E-state index in [0.29, 0.717) is 50.8 Å². The summed E-state index contributed by atoms with van der Waals surface area (Å²) in [6, 6.07) is 7.80. The normalized spacial score (nSPS) is 26.1. The SMILES string of the molecule is O=C(O)c1cc(F)c2nc([C@]3(O)[C@@H]4CC[C@H]3C[C@H](OCc3c(C5CC5)cnn3-c3c(Cl)cccc3Cl)C4)sc2c1. The lowest BCUT2D eigenvalue weighted by atomic mass is 9.73. The fourth-order valence-electron chi connectivity index (χ4n) is 6.62. The number of para-hydroxylation sites is 1. The van der Waals surface area contributed by atoms with Gasteiger partial charge in [-0.1, -0.05) is 29.3 Å². The number of carbonyl (C=O) groups is 1. The summed E-state index contributed by atoms with van der Waals surface area (Å²) >= 11 is 14.2. The van der Waals surface area contributed by atoms with Crippen LogP contribution in [0.1, 0.15) is 71.1 Å². The first-order chi connectivity index (χ1) is 19.2. The summed E-state index contributed by atoms with van der Waals surface area (Å²) in [5.74, 6) is -1.61. The van der Waals surface area contributed by atoms with Gasteiger partial charge in [-0.05, 0) is 86.1 Å². The zero-order valence-electron chi connectivity index (χ0n) is 21.3. The minimum absolute atomic E-state index is 0.0698. The molecule has 0 radical (unpaired) electrons. The summed E-state index contributed by atoms with van der Waals surface area (Å²) < 4.78 is 23.4. The van der Waals surface area contributed by atoms with E-state index < -0.39 is 17.4 Å². The summed E-state index contributed by atoms with van der Waals surface area (Å²) in [4.78, 5) is 15.9. The molecule has 7 rings (SSSR count). The Morgan fingerprint density at radius 2 is 1.85 bits per heavy atom. The lowest BCUT2D eigenvalue weighted by Crippen LogP contribution is -2.44. The van der Waals surface area contributed by atoms with Gasteiger partial charge in [0.25, 0.3) is 0 Å². The molecule has 3 fully saturated rings. The topological polar surface area (TPSA) is 97.5 Å². The molecule has 4 atom stereocenters. The Bertz CT molecular complexity index is 1620. The van der Waals surface area contributed by atoms with E-state index in [1.807, 2.05) is 6.20 Å². The summed E-state index contributed by atoms with van der Waals surface area (Å²) in [7, 11) is 0. The number of aliphatic hydroxyl groups is 1. The maximum atomic E-state index is 14.7. The second-order valence-electron chi connectivity index (χ2n) is 11.1. The number of carboxylic acids is 1. The molecular formula is C29H26Cl2FN3O4S. The van der Waals surface area contributed by atoms with E-state index in [-0.39, 0.29) is 29.0 Å². The Balaban J connectivity index is 1.14. The zero-order chi connectivity index (χ0) is 27.8. The minimum Gasteiger partial charge on any atom is -0.478 e. The first-order valence-electron chi connectivity index (χ1n) is 13.4. The van der Waals surface area contributed by atoms with Crippen LogP contribution in [-0.2, 0) is 16.9 Å². The quantitative estimate of drug-likeness (QED) is 0.234. The van der Waals surface area contributed by atoms with Gasteiger partial charge in [0.05, 0.1) is 44.9 Å². The molecule has 2 heterocycles. The lowest BCUT2D eigenvalue weighted by molar-refractivity contribution is -0.116. The molecule has 2 N–H and O–H groups in total. The highest BCUT2D eigenvalue weighted by Crippen LogP contribution is 2.57. The van der Waals surface area contributed by atoms with Crippen LogP contribution in [0.25, 0.3) is 15.9 Å². The van der Waals surface area contributed by atoms with Crippen LogP contribution in [0, 0.1) is 17.7 Å². The lowest BCUT2D eigenvalue weighted by Gasteiger charge is -2.41. The number of halogens is 3. The van der Waals surface area contributed by atoms with E-state index in [1.165, 1.54) is 17.4 Å². The second kappa shape index (κ2) is 9.77. The molecule has 3 aliphatic carbocycles. The smallest absolute Gasteiger partial charge is 0.335 e. The summed E-state index contributed by atoms with van der Waals surface area (Å²) in [5, 5.41) is 27.4. The molecule has 3 saturated carbocycles. The van der Waals surface area contributed by atoms with Crippen molar-refractivity contribution < 1.29 is 24.1 Å². The Morgan fingerprint density at radius 3 is 2.50 bits per heavy atom. The van der Waals surface area contributed by atoms with E-state index >= 15 is 0 Å². The van der Waals surface area contributed by atoms with Crippen molar-refractivity contribution >= 4 is 50.7 Å². The fraction of sp³-hybridized carbons (Fsp3) is 0.414. The van der Waals surface area contributed by atoms with Gasteiger partial charge in [-0.25, -0.2) is 18.9 Å². The molecule has 0 unspecified atom stereocenters. The largest absolute Gasteiger partial charge is 0.478 e. The maximum Gasteiger partial charge on any atom is 0.335 e. The van der Waals surface area contributed by atoms with Gasteiger partial charge >= 0.3 is 5.97 Å². The van der Waals surface area contributed by atoms with Gasteiger partial charge in [0.15, 0.2) is 5.82 Å². The van der Waals surface area contributed by atoms with Gasteiger partial charge in [0, 0.05) is 0 Å². The van der Waals surface area contributed by atoms with E-state index in [1.54, 1.807) is 22.9 Å². The van der Waals surface area contributed by atoms with Crippen LogP contribution in [0.2, 0.25) is 10.0 Å². The van der Waals surface area contributed by atoms with Crippen LogP contribution >= 0.6 is 34.5 Å². The number of hydrogen-bond acceptors (Lipinski definition) is 6. The Hall–Kier alpha value is -2.56. The average Bonchev–Trinajstić information content (AvgIpc) is 3.49. The van der Waals surface area contributed by atoms with Crippen molar-refractivity contribution in [3.8, 4) is 5.69 Å². The number of rotatable bonds is 7. The van der Waals surface area contributed by atoms with Gasteiger partial charge in [0.1, 0.15) is 21.8 Å². The highest BCUT2D eigenvalue weighted by Gasteiger charge is 2.56. The van der Waals surface area contributed by atoms with Crippen molar-refractivity contribution in [3.63, 3.8) is 0 Å². The fourth-order valence-corrected chi connectivity index (χ4v) is 8.44. The number of thiazole rings is 1. The standard InChI is InChI=1S/C29H26Cl2FN3O4S/c30-20-2-1-3-21(31)26(20)35-23(19(12-33-35)14-4-5-14)13-39-18-10-16-6-7-17(11-18)29(16,38)28-34-25-22(32)8-15(27(36)37)9-24(25)40-28/h1-3,8-9,12,14,16-18,38H,4-7,10-11,13H2,(H,36,37)/t16-,17+,18-,29+. The van der Waals surface area contributed by atoms with Crippen molar-refractivity contribution in [2.75, 3.05) is 0 Å². The number of nitrogens with zero attached hydrogens (tertiary/aromatic N) is 3. The van der Waals surface area contributed by atoms with Crippen LogP contribution in [0.15, 0.2) is 36.5 Å². The summed E-state index contributed by atoms with van der Waals surface area (Å²) in [5.41, 5.74) is 1.53. The molecule has 2 aromatic heterocycles. The predicted molar refractivity (Wildman–Crippen MR) is 150 cm³/mol. The van der Waals surface area contributed by atoms with Gasteiger partial charge in [-0.15, -0.1) is 11.3 Å². The third-order valence-electron chi connectivity index (χ3n) is 8.76. The third-order valence-corrected chi connectivity index (χ3v) is 10.5. The van der Waals surface area contributed by atoms with Gasteiger partial charge in [-0.3, -0.25) is 0 Å². The van der Waals surface area contributed by atoms with Crippen molar-refractivity contribution in [2.45, 2.75) is 62.8 Å². The van der Waals surface area contributed by atoms with Crippen molar-refractivity contribution in [3.05, 3.63) is 74.2 Å². The van der Waals surface area contributed by atoms with Crippen LogP contribution < -0.4 is 0 Å². The molecular weight excluding hydrogens is 576 g/mol.